The molecule has 14 heavy (non-hydrogen) atoms. The summed E-state index contributed by atoms with van der Waals surface area (Å²) in [5.41, 5.74) is 5.65. The van der Waals surface area contributed by atoms with Crippen LogP contribution < -0.4 is 5.73 Å². The molecule has 0 aliphatic rings. The van der Waals surface area contributed by atoms with Crippen molar-refractivity contribution in [3.63, 3.8) is 0 Å². The summed E-state index contributed by atoms with van der Waals surface area (Å²) in [6.07, 6.45) is 2.71. The van der Waals surface area contributed by atoms with Crippen LogP contribution in [0.4, 0.5) is 0 Å². The Hall–Kier alpha value is -0.160. The van der Waals surface area contributed by atoms with Gasteiger partial charge in [0.2, 0.25) is 0 Å². The van der Waals surface area contributed by atoms with Crippen molar-refractivity contribution >= 4 is 0 Å². The van der Waals surface area contributed by atoms with Gasteiger partial charge in [-0.1, -0.05) is 26.2 Å². The lowest BCUT2D eigenvalue weighted by molar-refractivity contribution is 0.0547. The van der Waals surface area contributed by atoms with Crippen LogP contribution >= 0.6 is 0 Å². The Morgan fingerprint density at radius 2 is 1.86 bits per heavy atom. The number of aliphatic hydroxyl groups excluding tert-OH is 3. The third-order valence-corrected chi connectivity index (χ3v) is 2.35. The van der Waals surface area contributed by atoms with Gasteiger partial charge in [0.25, 0.3) is 0 Å². The summed E-state index contributed by atoms with van der Waals surface area (Å²) in [6.45, 7) is 1.80. The molecule has 0 aromatic rings. The number of unbranched alkanes of at least 4 members (excludes halogenated alkanes) is 2. The Morgan fingerprint density at radius 1 is 1.21 bits per heavy atom. The van der Waals surface area contributed by atoms with Crippen molar-refractivity contribution in [2.24, 2.45) is 5.73 Å². The summed E-state index contributed by atoms with van der Waals surface area (Å²) >= 11 is 0. The van der Waals surface area contributed by atoms with Gasteiger partial charge in [0, 0.05) is 6.04 Å². The molecule has 0 aliphatic carbocycles. The lowest BCUT2D eigenvalue weighted by Crippen LogP contribution is -2.38. The van der Waals surface area contributed by atoms with Crippen molar-refractivity contribution in [2.45, 2.75) is 57.3 Å². The maximum atomic E-state index is 9.57. The molecule has 5 N–H and O–H groups in total. The van der Waals surface area contributed by atoms with Crippen molar-refractivity contribution in [1.29, 1.82) is 0 Å². The van der Waals surface area contributed by atoms with Crippen LogP contribution in [0.1, 0.15) is 39.0 Å². The first-order valence-corrected chi connectivity index (χ1v) is 5.34. The molecular weight excluding hydrogens is 182 g/mol. The summed E-state index contributed by atoms with van der Waals surface area (Å²) in [4.78, 5) is 0. The first kappa shape index (κ1) is 13.8. The molecule has 1 unspecified atom stereocenters. The van der Waals surface area contributed by atoms with E-state index in [0.717, 1.165) is 19.3 Å². The maximum Gasteiger partial charge on any atom is 0.0786 e. The van der Waals surface area contributed by atoms with Gasteiger partial charge < -0.3 is 21.1 Å². The van der Waals surface area contributed by atoms with Gasteiger partial charge in [0.05, 0.1) is 18.8 Å². The van der Waals surface area contributed by atoms with Gasteiger partial charge in [0.15, 0.2) is 0 Å². The zero-order valence-electron chi connectivity index (χ0n) is 8.89. The molecule has 0 aromatic heterocycles. The van der Waals surface area contributed by atoms with Crippen molar-refractivity contribution in [3.8, 4) is 0 Å². The van der Waals surface area contributed by atoms with E-state index in [9.17, 15) is 5.11 Å². The fraction of sp³-hybridized carbons (Fsp3) is 1.00. The monoisotopic (exact) mass is 205 g/mol. The number of hydrogen-bond donors (Lipinski definition) is 4. The fourth-order valence-electron chi connectivity index (χ4n) is 1.36. The second kappa shape index (κ2) is 8.17. The highest BCUT2D eigenvalue weighted by Gasteiger charge is 2.17. The van der Waals surface area contributed by atoms with Gasteiger partial charge in [-0.3, -0.25) is 0 Å². The van der Waals surface area contributed by atoms with Crippen molar-refractivity contribution in [1.82, 2.24) is 0 Å². The van der Waals surface area contributed by atoms with Crippen molar-refractivity contribution in [3.05, 3.63) is 0 Å². The highest BCUT2D eigenvalue weighted by atomic mass is 16.3. The Morgan fingerprint density at radius 3 is 2.36 bits per heavy atom. The summed E-state index contributed by atoms with van der Waals surface area (Å²) < 4.78 is 0. The van der Waals surface area contributed by atoms with E-state index >= 15 is 0 Å². The third-order valence-electron chi connectivity index (χ3n) is 2.35. The Balaban J connectivity index is 3.58. The average molecular weight is 205 g/mol. The second-order valence-electron chi connectivity index (χ2n) is 3.80. The first-order chi connectivity index (χ1) is 6.61. The van der Waals surface area contributed by atoms with Crippen LogP contribution in [0.15, 0.2) is 0 Å². The number of aliphatic hydroxyl groups is 3. The molecule has 3 atom stereocenters. The molecule has 4 heteroatoms. The summed E-state index contributed by atoms with van der Waals surface area (Å²) in [5.74, 6) is 0. The molecule has 0 heterocycles. The minimum absolute atomic E-state index is 0.254. The summed E-state index contributed by atoms with van der Waals surface area (Å²) in [5, 5.41) is 27.3. The van der Waals surface area contributed by atoms with E-state index in [-0.39, 0.29) is 13.0 Å². The third kappa shape index (κ3) is 6.32. The predicted octanol–water partition coefficient (Wildman–Crippen LogP) is -0.00180. The molecule has 0 fully saturated rings. The predicted molar refractivity (Wildman–Crippen MR) is 55.8 cm³/mol. The molecule has 0 aliphatic heterocycles. The molecule has 0 saturated heterocycles. The highest BCUT2D eigenvalue weighted by molar-refractivity contribution is 4.74. The van der Waals surface area contributed by atoms with Crippen LogP contribution in [0.5, 0.6) is 0 Å². The molecule has 0 radical (unpaired) electrons. The van der Waals surface area contributed by atoms with Gasteiger partial charge in [-0.2, -0.15) is 0 Å². The van der Waals surface area contributed by atoms with Gasteiger partial charge in [-0.05, 0) is 12.8 Å². The zero-order chi connectivity index (χ0) is 11.0. The average Bonchev–Trinajstić information content (AvgIpc) is 2.17. The molecule has 0 bridgehead atoms. The molecule has 0 rings (SSSR count). The molecule has 86 valence electrons. The van der Waals surface area contributed by atoms with Crippen LogP contribution in [-0.2, 0) is 0 Å². The Kier molecular flexibility index (Phi) is 8.08. The molecule has 0 amide bonds. The van der Waals surface area contributed by atoms with Crippen LogP contribution in [-0.4, -0.2) is 40.2 Å². The van der Waals surface area contributed by atoms with E-state index in [4.69, 9.17) is 15.9 Å². The topological polar surface area (TPSA) is 86.7 Å². The quantitative estimate of drug-likeness (QED) is 0.420. The van der Waals surface area contributed by atoms with Crippen LogP contribution in [0.25, 0.3) is 0 Å². The smallest absolute Gasteiger partial charge is 0.0786 e. The molecule has 0 aromatic carbocycles. The lowest BCUT2D eigenvalue weighted by Gasteiger charge is -2.20. The largest absolute Gasteiger partial charge is 0.394 e. The fourth-order valence-corrected chi connectivity index (χ4v) is 1.36. The van der Waals surface area contributed by atoms with E-state index in [1.165, 1.54) is 0 Å². The summed E-state index contributed by atoms with van der Waals surface area (Å²) in [7, 11) is 0. The van der Waals surface area contributed by atoms with E-state index in [1.807, 2.05) is 0 Å². The number of hydrogen-bond acceptors (Lipinski definition) is 4. The van der Waals surface area contributed by atoms with Crippen LogP contribution in [0.3, 0.4) is 0 Å². The summed E-state index contributed by atoms with van der Waals surface area (Å²) in [6, 6.07) is -0.436. The first-order valence-electron chi connectivity index (χ1n) is 5.34. The molecule has 0 saturated carbocycles. The van der Waals surface area contributed by atoms with Crippen molar-refractivity contribution < 1.29 is 15.3 Å². The van der Waals surface area contributed by atoms with Gasteiger partial charge in [-0.15, -0.1) is 0 Å². The van der Waals surface area contributed by atoms with Crippen LogP contribution in [0.2, 0.25) is 0 Å². The Bertz CT molecular complexity index is 133. The van der Waals surface area contributed by atoms with E-state index in [2.05, 4.69) is 6.92 Å². The van der Waals surface area contributed by atoms with Gasteiger partial charge in [-0.25, -0.2) is 0 Å². The molecule has 4 nitrogen and oxygen atoms in total. The SMILES string of the molecule is CCCCC[C@@H](O)[C@@H](N)CC(O)CO. The van der Waals surface area contributed by atoms with Crippen molar-refractivity contribution in [2.75, 3.05) is 6.61 Å². The lowest BCUT2D eigenvalue weighted by atomic mass is 10.00. The minimum atomic E-state index is -0.814. The van der Waals surface area contributed by atoms with Crippen LogP contribution in [0, 0.1) is 0 Å². The van der Waals surface area contributed by atoms with Gasteiger partial charge >= 0.3 is 0 Å². The van der Waals surface area contributed by atoms with E-state index in [1.54, 1.807) is 0 Å². The number of nitrogens with two attached hydrogens (primary N) is 1. The molecule has 0 spiro atoms. The second-order valence-corrected chi connectivity index (χ2v) is 3.80. The number of rotatable bonds is 8. The zero-order valence-corrected chi connectivity index (χ0v) is 8.89. The standard InChI is InChI=1S/C10H23NO3/c1-2-3-4-5-10(14)9(11)6-8(13)7-12/h8-10,12-14H,2-7,11H2,1H3/t8?,9-,10+/m0/s1. The minimum Gasteiger partial charge on any atom is -0.394 e. The van der Waals surface area contributed by atoms with E-state index < -0.39 is 18.2 Å². The van der Waals surface area contributed by atoms with Gasteiger partial charge in [0.1, 0.15) is 0 Å². The Labute approximate surface area is 85.7 Å². The normalized spacial score (nSPS) is 17.8. The highest BCUT2D eigenvalue weighted by Crippen LogP contribution is 2.09. The van der Waals surface area contributed by atoms with E-state index in [0.29, 0.717) is 6.42 Å². The molecular formula is C10H23NO3. The maximum absolute atomic E-state index is 9.57.